The van der Waals surface area contributed by atoms with Crippen LogP contribution in [0.3, 0.4) is 0 Å². The Kier molecular flexibility index (Phi) is 7.06. The summed E-state index contributed by atoms with van der Waals surface area (Å²) in [7, 11) is 0. The maximum absolute atomic E-state index is 13.1. The van der Waals surface area contributed by atoms with E-state index in [1.165, 1.54) is 18.6 Å². The molecule has 1 fully saturated rings. The standard InChI is InChI=1S/C24H28F3N2O/c1-16(2)17-11-13-18(14-12-17)22(23(30)29-20-8-4-3-5-9-20)28-21-10-6-7-19(15-21)24(25,26)27/h6-7,10-16,20,22H,3-5,8-9H2,1-2H3,(H,29,30)/q-1. The van der Waals surface area contributed by atoms with Crippen LogP contribution in [0.2, 0.25) is 0 Å². The molecule has 1 N–H and O–H groups in total. The number of halogens is 3. The first-order valence-electron chi connectivity index (χ1n) is 10.5. The van der Waals surface area contributed by atoms with Crippen LogP contribution in [0.1, 0.15) is 74.6 Å². The van der Waals surface area contributed by atoms with E-state index in [0.717, 1.165) is 43.4 Å². The predicted octanol–water partition coefficient (Wildman–Crippen LogP) is 7.02. The average molecular weight is 417 g/mol. The molecular weight excluding hydrogens is 389 g/mol. The molecule has 1 aliphatic carbocycles. The lowest BCUT2D eigenvalue weighted by Gasteiger charge is -2.35. The second-order valence-electron chi connectivity index (χ2n) is 8.24. The van der Waals surface area contributed by atoms with E-state index in [1.54, 1.807) is 0 Å². The van der Waals surface area contributed by atoms with Gasteiger partial charge in [0.2, 0.25) is 5.91 Å². The third-order valence-electron chi connectivity index (χ3n) is 5.57. The topological polar surface area (TPSA) is 43.2 Å². The molecule has 0 aliphatic heterocycles. The van der Waals surface area contributed by atoms with Crippen molar-refractivity contribution in [2.45, 2.75) is 70.1 Å². The summed E-state index contributed by atoms with van der Waals surface area (Å²) in [6.45, 7) is 4.16. The van der Waals surface area contributed by atoms with Crippen LogP contribution < -0.4 is 5.32 Å². The zero-order chi connectivity index (χ0) is 21.7. The Morgan fingerprint density at radius 3 is 2.23 bits per heavy atom. The van der Waals surface area contributed by atoms with Gasteiger partial charge in [0.15, 0.2) is 0 Å². The van der Waals surface area contributed by atoms with Gasteiger partial charge in [0, 0.05) is 6.04 Å². The van der Waals surface area contributed by atoms with E-state index in [2.05, 4.69) is 24.5 Å². The van der Waals surface area contributed by atoms with Crippen molar-refractivity contribution in [3.63, 3.8) is 0 Å². The van der Waals surface area contributed by atoms with E-state index >= 15 is 0 Å². The lowest BCUT2D eigenvalue weighted by atomic mass is 9.94. The van der Waals surface area contributed by atoms with Gasteiger partial charge in [-0.3, -0.25) is 4.79 Å². The first kappa shape index (κ1) is 22.2. The van der Waals surface area contributed by atoms with E-state index in [4.69, 9.17) is 0 Å². The smallest absolute Gasteiger partial charge is 0.416 e. The number of carbonyl (C=O) groups is 1. The van der Waals surface area contributed by atoms with Gasteiger partial charge in [0.05, 0.1) is 5.56 Å². The number of hydrogen-bond acceptors (Lipinski definition) is 1. The second-order valence-corrected chi connectivity index (χ2v) is 8.24. The van der Waals surface area contributed by atoms with Crippen molar-refractivity contribution in [1.29, 1.82) is 0 Å². The Labute approximate surface area is 176 Å². The molecule has 1 amide bonds. The average Bonchev–Trinajstić information content (AvgIpc) is 2.72. The fourth-order valence-corrected chi connectivity index (χ4v) is 3.79. The fourth-order valence-electron chi connectivity index (χ4n) is 3.79. The van der Waals surface area contributed by atoms with E-state index < -0.39 is 17.8 Å². The van der Waals surface area contributed by atoms with Crippen LogP contribution in [0, 0.1) is 0 Å². The Bertz CT molecular complexity index is 840. The number of rotatable bonds is 6. The molecule has 0 aromatic heterocycles. The van der Waals surface area contributed by atoms with Gasteiger partial charge in [0.1, 0.15) is 0 Å². The highest BCUT2D eigenvalue weighted by Gasteiger charge is 2.30. The summed E-state index contributed by atoms with van der Waals surface area (Å²) in [6.07, 6.45) is 0.709. The van der Waals surface area contributed by atoms with Crippen molar-refractivity contribution in [1.82, 2.24) is 5.32 Å². The van der Waals surface area contributed by atoms with Crippen LogP contribution in [0.4, 0.5) is 18.9 Å². The molecule has 0 saturated heterocycles. The molecule has 1 unspecified atom stereocenters. The summed E-state index contributed by atoms with van der Waals surface area (Å²) in [5, 5.41) is 7.50. The molecule has 6 heteroatoms. The summed E-state index contributed by atoms with van der Waals surface area (Å²) < 4.78 is 39.3. The summed E-state index contributed by atoms with van der Waals surface area (Å²) >= 11 is 0. The molecule has 1 atom stereocenters. The molecule has 0 spiro atoms. The third kappa shape index (κ3) is 5.77. The SMILES string of the molecule is CC(C)c1ccc(C([N-]c2cccc(C(F)(F)F)c2)C(=O)NC2CCCCC2)cc1. The molecule has 0 bridgehead atoms. The highest BCUT2D eigenvalue weighted by Crippen LogP contribution is 2.37. The molecule has 3 rings (SSSR count). The first-order chi connectivity index (χ1) is 14.2. The van der Waals surface area contributed by atoms with E-state index in [1.807, 2.05) is 24.3 Å². The number of benzene rings is 2. The highest BCUT2D eigenvalue weighted by molar-refractivity contribution is 5.88. The van der Waals surface area contributed by atoms with Gasteiger partial charge < -0.3 is 10.6 Å². The Balaban J connectivity index is 1.85. The fraction of sp³-hybridized carbons (Fsp3) is 0.458. The summed E-state index contributed by atoms with van der Waals surface area (Å²) in [5.41, 5.74) is 1.17. The molecule has 0 heterocycles. The van der Waals surface area contributed by atoms with E-state index in [-0.39, 0.29) is 17.6 Å². The minimum absolute atomic E-state index is 0.0976. The number of nitrogens with one attached hydrogen (secondary N) is 1. The molecule has 2 aromatic carbocycles. The number of amides is 1. The second kappa shape index (κ2) is 9.54. The minimum Gasteiger partial charge on any atom is -0.670 e. The zero-order valence-electron chi connectivity index (χ0n) is 17.4. The molecule has 30 heavy (non-hydrogen) atoms. The van der Waals surface area contributed by atoms with Gasteiger partial charge in [-0.1, -0.05) is 87.2 Å². The van der Waals surface area contributed by atoms with Crippen LogP contribution in [-0.2, 0) is 11.0 Å². The molecule has 3 nitrogen and oxygen atoms in total. The first-order valence-corrected chi connectivity index (χ1v) is 10.5. The van der Waals surface area contributed by atoms with Gasteiger partial charge in [0.25, 0.3) is 0 Å². The summed E-state index contributed by atoms with van der Waals surface area (Å²) in [6, 6.07) is 11.6. The Morgan fingerprint density at radius 1 is 1.00 bits per heavy atom. The van der Waals surface area contributed by atoms with Crippen molar-refractivity contribution in [3.8, 4) is 0 Å². The number of nitrogens with zero attached hydrogens (tertiary/aromatic N) is 1. The summed E-state index contributed by atoms with van der Waals surface area (Å²) in [5.74, 6) is 0.0746. The molecule has 2 aromatic rings. The van der Waals surface area contributed by atoms with Crippen LogP contribution in [0.15, 0.2) is 48.5 Å². The van der Waals surface area contributed by atoms with Crippen molar-refractivity contribution < 1.29 is 18.0 Å². The quantitative estimate of drug-likeness (QED) is 0.539. The molecule has 0 radical (unpaired) electrons. The van der Waals surface area contributed by atoms with E-state index in [9.17, 15) is 18.0 Å². The highest BCUT2D eigenvalue weighted by atomic mass is 19.4. The molecular formula is C24H28F3N2O-. The van der Waals surface area contributed by atoms with E-state index in [0.29, 0.717) is 11.5 Å². The van der Waals surface area contributed by atoms with Crippen molar-refractivity contribution in [2.24, 2.45) is 0 Å². The number of hydrogen-bond donors (Lipinski definition) is 1. The summed E-state index contributed by atoms with van der Waals surface area (Å²) in [4.78, 5) is 13.1. The monoisotopic (exact) mass is 417 g/mol. The number of carbonyl (C=O) groups excluding carboxylic acids is 1. The normalized spacial score (nSPS) is 16.3. The van der Waals surface area contributed by atoms with Gasteiger partial charge in [-0.05, 0) is 30.4 Å². The van der Waals surface area contributed by atoms with Crippen molar-refractivity contribution in [3.05, 3.63) is 70.5 Å². The van der Waals surface area contributed by atoms with Crippen LogP contribution >= 0.6 is 0 Å². The van der Waals surface area contributed by atoms with Crippen LogP contribution in [0.5, 0.6) is 0 Å². The molecule has 162 valence electrons. The van der Waals surface area contributed by atoms with Crippen LogP contribution in [-0.4, -0.2) is 11.9 Å². The minimum atomic E-state index is -4.45. The number of alkyl halides is 3. The van der Waals surface area contributed by atoms with Crippen molar-refractivity contribution in [2.75, 3.05) is 0 Å². The largest absolute Gasteiger partial charge is 0.670 e. The van der Waals surface area contributed by atoms with Gasteiger partial charge in [-0.25, -0.2) is 0 Å². The van der Waals surface area contributed by atoms with Crippen molar-refractivity contribution >= 4 is 11.6 Å². The van der Waals surface area contributed by atoms with Gasteiger partial charge >= 0.3 is 6.18 Å². The van der Waals surface area contributed by atoms with Crippen LogP contribution in [0.25, 0.3) is 5.32 Å². The molecule has 1 saturated carbocycles. The lowest BCUT2D eigenvalue weighted by Crippen LogP contribution is -2.38. The maximum atomic E-state index is 13.1. The molecule has 1 aliphatic rings. The predicted molar refractivity (Wildman–Crippen MR) is 113 cm³/mol. The third-order valence-corrected chi connectivity index (χ3v) is 5.57. The van der Waals surface area contributed by atoms with Gasteiger partial charge in [-0.15, -0.1) is 5.69 Å². The Hall–Kier alpha value is -2.50. The lowest BCUT2D eigenvalue weighted by molar-refractivity contribution is -0.137. The Morgan fingerprint density at radius 2 is 1.63 bits per heavy atom. The zero-order valence-corrected chi connectivity index (χ0v) is 17.4. The van der Waals surface area contributed by atoms with Gasteiger partial charge in [-0.2, -0.15) is 13.2 Å². The maximum Gasteiger partial charge on any atom is 0.416 e.